The fraction of sp³-hybridized carbons (Fsp3) is 0.294. The minimum absolute atomic E-state index is 0.104. The second-order valence-corrected chi connectivity index (χ2v) is 5.73. The van der Waals surface area contributed by atoms with Crippen molar-refractivity contribution >= 4 is 5.91 Å². The molecule has 2 unspecified atom stereocenters. The van der Waals surface area contributed by atoms with Crippen LogP contribution in [0.4, 0.5) is 0 Å². The highest BCUT2D eigenvalue weighted by molar-refractivity contribution is 5.88. The highest BCUT2D eigenvalue weighted by Gasteiger charge is 2.31. The number of carbonyl (C=O) groups is 1. The molecule has 2 heterocycles. The van der Waals surface area contributed by atoms with Gasteiger partial charge in [-0.25, -0.2) is 4.68 Å². The van der Waals surface area contributed by atoms with Crippen LogP contribution in [0.5, 0.6) is 0 Å². The van der Waals surface area contributed by atoms with Gasteiger partial charge < -0.3 is 10.2 Å². The van der Waals surface area contributed by atoms with Crippen LogP contribution >= 0.6 is 0 Å². The first-order valence-corrected chi connectivity index (χ1v) is 7.47. The molecule has 0 saturated heterocycles. The van der Waals surface area contributed by atoms with Crippen molar-refractivity contribution in [2.45, 2.75) is 26.2 Å². The molecule has 0 aliphatic carbocycles. The van der Waals surface area contributed by atoms with E-state index in [0.717, 1.165) is 0 Å². The highest BCUT2D eigenvalue weighted by Crippen LogP contribution is 2.33. The second-order valence-electron chi connectivity index (χ2n) is 5.73. The maximum Gasteiger partial charge on any atom is 0.248 e. The molecule has 5 nitrogen and oxygen atoms in total. The van der Waals surface area contributed by atoms with Gasteiger partial charge in [0.15, 0.2) is 0 Å². The molecule has 1 aromatic carbocycles. The van der Waals surface area contributed by atoms with Gasteiger partial charge in [-0.15, -0.1) is 0 Å². The molecule has 2 atom stereocenters. The van der Waals surface area contributed by atoms with Crippen LogP contribution in [0.15, 0.2) is 61.1 Å². The lowest BCUT2D eigenvalue weighted by molar-refractivity contribution is -0.121. The van der Waals surface area contributed by atoms with Crippen LogP contribution in [0.1, 0.15) is 31.7 Å². The molecular formula is C17H20N4O. The molecule has 22 heavy (non-hydrogen) atoms. The minimum atomic E-state index is -0.319. The molecule has 1 N–H and O–H groups in total. The van der Waals surface area contributed by atoms with Crippen LogP contribution in [0.3, 0.4) is 0 Å². The zero-order valence-corrected chi connectivity index (χ0v) is 12.8. The van der Waals surface area contributed by atoms with Crippen LogP contribution in [0.25, 0.3) is 0 Å². The van der Waals surface area contributed by atoms with Crippen molar-refractivity contribution in [2.75, 3.05) is 0 Å². The Bertz CT molecular complexity index is 649. The first-order chi connectivity index (χ1) is 10.7. The van der Waals surface area contributed by atoms with Crippen molar-refractivity contribution in [2.24, 2.45) is 5.92 Å². The Kier molecular flexibility index (Phi) is 3.96. The van der Waals surface area contributed by atoms with Crippen LogP contribution in [-0.2, 0) is 4.79 Å². The molecule has 1 aliphatic heterocycles. The fourth-order valence-corrected chi connectivity index (χ4v) is 2.91. The summed E-state index contributed by atoms with van der Waals surface area (Å²) in [7, 11) is 0. The highest BCUT2D eigenvalue weighted by atomic mass is 16.2. The molecule has 3 rings (SSSR count). The van der Waals surface area contributed by atoms with Gasteiger partial charge in [-0.2, -0.15) is 5.10 Å². The summed E-state index contributed by atoms with van der Waals surface area (Å²) in [6, 6.07) is 12.3. The molecule has 1 aliphatic rings. The first kappa shape index (κ1) is 14.4. The zero-order chi connectivity index (χ0) is 15.5. The number of rotatable bonds is 4. The van der Waals surface area contributed by atoms with E-state index in [9.17, 15) is 4.79 Å². The molecule has 5 heteroatoms. The standard InChI is InChI=1S/C17H20N4O/c1-13(2)16(14-7-4-3-5-8-14)20-12-9-15(22)19-17(20)21-11-6-10-18-21/h3-13,16-17H,1-2H3,(H,19,22). The van der Waals surface area contributed by atoms with E-state index in [2.05, 4.69) is 41.3 Å². The molecule has 2 aromatic rings. The molecule has 1 amide bonds. The van der Waals surface area contributed by atoms with E-state index >= 15 is 0 Å². The van der Waals surface area contributed by atoms with Crippen molar-refractivity contribution in [3.63, 3.8) is 0 Å². The average Bonchev–Trinajstić information content (AvgIpc) is 3.04. The maximum absolute atomic E-state index is 11.8. The smallest absolute Gasteiger partial charge is 0.248 e. The third-order valence-corrected chi connectivity index (χ3v) is 3.82. The van der Waals surface area contributed by atoms with Gasteiger partial charge in [0.1, 0.15) is 0 Å². The number of nitrogens with zero attached hydrogens (tertiary/aromatic N) is 3. The maximum atomic E-state index is 11.8. The van der Waals surface area contributed by atoms with Gasteiger partial charge in [0, 0.05) is 24.7 Å². The predicted octanol–water partition coefficient (Wildman–Crippen LogP) is 2.68. The van der Waals surface area contributed by atoms with Crippen molar-refractivity contribution in [3.05, 3.63) is 66.6 Å². The summed E-state index contributed by atoms with van der Waals surface area (Å²) in [5, 5.41) is 7.26. The van der Waals surface area contributed by atoms with Gasteiger partial charge in [-0.3, -0.25) is 4.79 Å². The molecular weight excluding hydrogens is 276 g/mol. The van der Waals surface area contributed by atoms with E-state index in [1.165, 1.54) is 5.56 Å². The molecule has 1 aromatic heterocycles. The van der Waals surface area contributed by atoms with Crippen LogP contribution in [-0.4, -0.2) is 20.6 Å². The predicted molar refractivity (Wildman–Crippen MR) is 84.4 cm³/mol. The fourth-order valence-electron chi connectivity index (χ4n) is 2.91. The molecule has 0 saturated carbocycles. The van der Waals surface area contributed by atoms with Crippen molar-refractivity contribution in [1.29, 1.82) is 0 Å². The summed E-state index contributed by atoms with van der Waals surface area (Å²) >= 11 is 0. The first-order valence-electron chi connectivity index (χ1n) is 7.47. The van der Waals surface area contributed by atoms with E-state index in [-0.39, 0.29) is 18.2 Å². The SMILES string of the molecule is CC(C)C(c1ccccc1)N1C=CC(=O)NC1n1cccn1. The molecule has 114 valence electrons. The summed E-state index contributed by atoms with van der Waals surface area (Å²) in [5.74, 6) is 0.271. The quantitative estimate of drug-likeness (QED) is 0.943. The summed E-state index contributed by atoms with van der Waals surface area (Å²) < 4.78 is 1.76. The van der Waals surface area contributed by atoms with Gasteiger partial charge in [0.05, 0.1) is 6.04 Å². The third-order valence-electron chi connectivity index (χ3n) is 3.82. The Morgan fingerprint density at radius 1 is 1.18 bits per heavy atom. The van der Waals surface area contributed by atoms with Crippen LogP contribution in [0, 0.1) is 5.92 Å². The normalized spacial score (nSPS) is 19.3. The second kappa shape index (κ2) is 6.05. The number of hydrogen-bond acceptors (Lipinski definition) is 3. The van der Waals surface area contributed by atoms with E-state index < -0.39 is 0 Å². The molecule has 0 radical (unpaired) electrons. The summed E-state index contributed by atoms with van der Waals surface area (Å²) in [5.41, 5.74) is 1.22. The van der Waals surface area contributed by atoms with Gasteiger partial charge in [0.25, 0.3) is 0 Å². The monoisotopic (exact) mass is 296 g/mol. The van der Waals surface area contributed by atoms with Gasteiger partial charge in [0.2, 0.25) is 12.2 Å². The average molecular weight is 296 g/mol. The van der Waals surface area contributed by atoms with Crippen molar-refractivity contribution < 1.29 is 4.79 Å². The number of benzene rings is 1. The van der Waals surface area contributed by atoms with Gasteiger partial charge in [-0.1, -0.05) is 44.2 Å². The number of amides is 1. The lowest BCUT2D eigenvalue weighted by Gasteiger charge is -2.41. The molecule has 0 bridgehead atoms. The number of hydrogen-bond donors (Lipinski definition) is 1. The van der Waals surface area contributed by atoms with Crippen LogP contribution < -0.4 is 5.32 Å². The van der Waals surface area contributed by atoms with Gasteiger partial charge >= 0.3 is 0 Å². The van der Waals surface area contributed by atoms with Crippen LogP contribution in [0.2, 0.25) is 0 Å². The lowest BCUT2D eigenvalue weighted by atomic mass is 9.94. The number of nitrogens with one attached hydrogen (secondary N) is 1. The number of aromatic nitrogens is 2. The summed E-state index contributed by atoms with van der Waals surface area (Å²) in [4.78, 5) is 13.9. The Balaban J connectivity index is 2.01. The minimum Gasteiger partial charge on any atom is -0.332 e. The Labute approximate surface area is 130 Å². The molecule has 0 spiro atoms. The lowest BCUT2D eigenvalue weighted by Crippen LogP contribution is -2.47. The zero-order valence-electron chi connectivity index (χ0n) is 12.8. The van der Waals surface area contributed by atoms with E-state index in [1.54, 1.807) is 17.0 Å². The van der Waals surface area contributed by atoms with Crippen molar-refractivity contribution in [3.8, 4) is 0 Å². The third kappa shape index (κ3) is 2.74. The van der Waals surface area contributed by atoms with E-state index in [1.807, 2.05) is 36.7 Å². The Hall–Kier alpha value is -2.56. The topological polar surface area (TPSA) is 50.2 Å². The largest absolute Gasteiger partial charge is 0.332 e. The summed E-state index contributed by atoms with van der Waals surface area (Å²) in [6.07, 6.45) is 6.69. The van der Waals surface area contributed by atoms with Gasteiger partial charge in [-0.05, 0) is 17.5 Å². The Morgan fingerprint density at radius 3 is 2.59 bits per heavy atom. The van der Waals surface area contributed by atoms with E-state index in [4.69, 9.17) is 0 Å². The van der Waals surface area contributed by atoms with E-state index in [0.29, 0.717) is 5.92 Å². The Morgan fingerprint density at radius 2 is 1.95 bits per heavy atom. The van der Waals surface area contributed by atoms with Crippen molar-refractivity contribution in [1.82, 2.24) is 20.0 Å². The summed E-state index contributed by atoms with van der Waals surface area (Å²) in [6.45, 7) is 4.37. The number of carbonyl (C=O) groups excluding carboxylic acids is 1. The molecule has 0 fully saturated rings.